The normalized spacial score (nSPS) is 14.6. The van der Waals surface area contributed by atoms with Crippen molar-refractivity contribution in [3.8, 4) is 0 Å². The summed E-state index contributed by atoms with van der Waals surface area (Å²) in [5, 5.41) is 3.70. The number of anilines is 1. The highest BCUT2D eigenvalue weighted by atomic mass is 35.5. The second kappa shape index (κ2) is 4.81. The largest absolute Gasteiger partial charge is 0.337 e. The first-order valence-electron chi connectivity index (χ1n) is 6.21. The van der Waals surface area contributed by atoms with E-state index >= 15 is 0 Å². The van der Waals surface area contributed by atoms with Crippen LogP contribution in [-0.2, 0) is 6.42 Å². The van der Waals surface area contributed by atoms with E-state index in [-0.39, 0.29) is 11.4 Å². The van der Waals surface area contributed by atoms with Gasteiger partial charge in [-0.15, -0.1) is 0 Å². The van der Waals surface area contributed by atoms with Crippen molar-refractivity contribution in [3.05, 3.63) is 28.8 Å². The number of benzene rings is 1. The summed E-state index contributed by atoms with van der Waals surface area (Å²) in [5.41, 5.74) is 2.22. The highest BCUT2D eigenvalue weighted by molar-refractivity contribution is 6.30. The molecule has 2 rings (SSSR count). The number of urea groups is 1. The maximum Gasteiger partial charge on any atom is 0.321 e. The SMILES string of the molecule is CC(C)(C)CNC(=O)N1CCc2cc(Cl)ccc21. The lowest BCUT2D eigenvalue weighted by Gasteiger charge is -2.23. The van der Waals surface area contributed by atoms with Crippen LogP contribution >= 0.6 is 11.6 Å². The van der Waals surface area contributed by atoms with Crippen LogP contribution in [0.4, 0.5) is 10.5 Å². The zero-order chi connectivity index (χ0) is 13.3. The summed E-state index contributed by atoms with van der Waals surface area (Å²) in [6.07, 6.45) is 0.874. The topological polar surface area (TPSA) is 32.3 Å². The molecule has 0 fully saturated rings. The maximum absolute atomic E-state index is 12.1. The van der Waals surface area contributed by atoms with Gasteiger partial charge in [-0.3, -0.25) is 4.90 Å². The van der Waals surface area contributed by atoms with E-state index in [9.17, 15) is 4.79 Å². The van der Waals surface area contributed by atoms with E-state index in [1.165, 1.54) is 0 Å². The van der Waals surface area contributed by atoms with E-state index in [0.29, 0.717) is 6.54 Å². The van der Waals surface area contributed by atoms with Crippen LogP contribution < -0.4 is 10.2 Å². The Kier molecular flexibility index (Phi) is 3.53. The molecule has 3 nitrogen and oxygen atoms in total. The van der Waals surface area contributed by atoms with Crippen LogP contribution in [0.1, 0.15) is 26.3 Å². The molecule has 98 valence electrons. The summed E-state index contributed by atoms with van der Waals surface area (Å²) in [6.45, 7) is 7.71. The Morgan fingerprint density at radius 1 is 1.44 bits per heavy atom. The van der Waals surface area contributed by atoms with Crippen molar-refractivity contribution in [2.24, 2.45) is 5.41 Å². The molecule has 0 unspecified atom stereocenters. The van der Waals surface area contributed by atoms with E-state index in [0.717, 1.165) is 29.2 Å². The number of nitrogens with one attached hydrogen (secondary N) is 1. The van der Waals surface area contributed by atoms with Gasteiger partial charge in [0.25, 0.3) is 0 Å². The van der Waals surface area contributed by atoms with E-state index < -0.39 is 0 Å². The number of hydrogen-bond donors (Lipinski definition) is 1. The molecule has 0 radical (unpaired) electrons. The average molecular weight is 267 g/mol. The summed E-state index contributed by atoms with van der Waals surface area (Å²) in [6, 6.07) is 5.66. The quantitative estimate of drug-likeness (QED) is 0.830. The first kappa shape index (κ1) is 13.2. The second-order valence-electron chi connectivity index (χ2n) is 5.89. The summed E-state index contributed by atoms with van der Waals surface area (Å²) >= 11 is 5.95. The number of halogens is 1. The van der Waals surface area contributed by atoms with Crippen LogP contribution in [0.5, 0.6) is 0 Å². The van der Waals surface area contributed by atoms with Crippen LogP contribution in [0.15, 0.2) is 18.2 Å². The Hall–Kier alpha value is -1.22. The van der Waals surface area contributed by atoms with Crippen molar-refractivity contribution >= 4 is 23.3 Å². The fraction of sp³-hybridized carbons (Fsp3) is 0.500. The average Bonchev–Trinajstić information content (AvgIpc) is 2.67. The molecule has 18 heavy (non-hydrogen) atoms. The lowest BCUT2D eigenvalue weighted by Crippen LogP contribution is -2.42. The van der Waals surface area contributed by atoms with Gasteiger partial charge in [0.2, 0.25) is 0 Å². The lowest BCUT2D eigenvalue weighted by atomic mass is 9.97. The molecule has 1 N–H and O–H groups in total. The molecule has 0 aliphatic carbocycles. The fourth-order valence-corrected chi connectivity index (χ4v) is 2.21. The molecule has 1 aliphatic rings. The summed E-state index contributed by atoms with van der Waals surface area (Å²) in [7, 11) is 0. The van der Waals surface area contributed by atoms with Gasteiger partial charge in [-0.25, -0.2) is 4.79 Å². The first-order chi connectivity index (χ1) is 8.37. The molecule has 2 amide bonds. The number of amides is 2. The monoisotopic (exact) mass is 266 g/mol. The van der Waals surface area contributed by atoms with Gasteiger partial charge in [-0.2, -0.15) is 0 Å². The Balaban J connectivity index is 2.07. The summed E-state index contributed by atoms with van der Waals surface area (Å²) < 4.78 is 0. The van der Waals surface area contributed by atoms with Crippen LogP contribution in [0.25, 0.3) is 0 Å². The summed E-state index contributed by atoms with van der Waals surface area (Å²) in [4.78, 5) is 13.9. The van der Waals surface area contributed by atoms with Crippen molar-refractivity contribution < 1.29 is 4.79 Å². The van der Waals surface area contributed by atoms with Crippen molar-refractivity contribution in [1.82, 2.24) is 5.32 Å². The third-order valence-electron chi connectivity index (χ3n) is 2.95. The molecule has 0 bridgehead atoms. The minimum atomic E-state index is -0.0222. The molecule has 0 saturated heterocycles. The van der Waals surface area contributed by atoms with Gasteiger partial charge in [-0.05, 0) is 35.6 Å². The Bertz CT molecular complexity index is 465. The molecule has 0 spiro atoms. The first-order valence-corrected chi connectivity index (χ1v) is 6.58. The molecule has 1 aliphatic heterocycles. The number of carbonyl (C=O) groups is 1. The van der Waals surface area contributed by atoms with E-state index in [1.807, 2.05) is 18.2 Å². The lowest BCUT2D eigenvalue weighted by molar-refractivity contribution is 0.241. The smallest absolute Gasteiger partial charge is 0.321 e. The van der Waals surface area contributed by atoms with Crippen molar-refractivity contribution in [2.75, 3.05) is 18.0 Å². The standard InChI is InChI=1S/C14H19ClN2O/c1-14(2,3)9-16-13(18)17-7-6-10-8-11(15)4-5-12(10)17/h4-5,8H,6-7,9H2,1-3H3,(H,16,18). The van der Waals surface area contributed by atoms with Crippen LogP contribution in [-0.4, -0.2) is 19.1 Å². The fourth-order valence-electron chi connectivity index (χ4n) is 2.02. The number of rotatable bonds is 1. The van der Waals surface area contributed by atoms with Gasteiger partial charge in [-0.1, -0.05) is 32.4 Å². The van der Waals surface area contributed by atoms with Gasteiger partial charge in [0.05, 0.1) is 0 Å². The third-order valence-corrected chi connectivity index (χ3v) is 3.19. The van der Waals surface area contributed by atoms with Gasteiger partial charge in [0, 0.05) is 23.8 Å². The minimum Gasteiger partial charge on any atom is -0.337 e. The van der Waals surface area contributed by atoms with Crippen LogP contribution in [0.2, 0.25) is 5.02 Å². The Morgan fingerprint density at radius 2 is 2.17 bits per heavy atom. The third kappa shape index (κ3) is 2.96. The van der Waals surface area contributed by atoms with Crippen molar-refractivity contribution in [2.45, 2.75) is 27.2 Å². The highest BCUT2D eigenvalue weighted by Crippen LogP contribution is 2.30. The van der Waals surface area contributed by atoms with Gasteiger partial charge >= 0.3 is 6.03 Å². The van der Waals surface area contributed by atoms with Crippen LogP contribution in [0.3, 0.4) is 0 Å². The van der Waals surface area contributed by atoms with Crippen molar-refractivity contribution in [3.63, 3.8) is 0 Å². The number of nitrogens with zero attached hydrogens (tertiary/aromatic N) is 1. The number of hydrogen-bond acceptors (Lipinski definition) is 1. The molecule has 0 atom stereocenters. The highest BCUT2D eigenvalue weighted by Gasteiger charge is 2.25. The number of fused-ring (bicyclic) bond motifs is 1. The number of carbonyl (C=O) groups excluding carboxylic acids is 1. The van der Waals surface area contributed by atoms with Gasteiger partial charge in [0.15, 0.2) is 0 Å². The van der Waals surface area contributed by atoms with Crippen molar-refractivity contribution in [1.29, 1.82) is 0 Å². The predicted molar refractivity (Wildman–Crippen MR) is 75.4 cm³/mol. The summed E-state index contributed by atoms with van der Waals surface area (Å²) in [5.74, 6) is 0. The molecule has 0 saturated carbocycles. The molecule has 4 heteroatoms. The Morgan fingerprint density at radius 3 is 2.83 bits per heavy atom. The molecule has 1 aromatic carbocycles. The van der Waals surface area contributed by atoms with Crippen LogP contribution in [0, 0.1) is 5.41 Å². The van der Waals surface area contributed by atoms with E-state index in [1.54, 1.807) is 4.90 Å². The molecule has 1 heterocycles. The zero-order valence-corrected chi connectivity index (χ0v) is 11.8. The predicted octanol–water partition coefficient (Wildman–Crippen LogP) is 3.46. The molecule has 0 aromatic heterocycles. The van der Waals surface area contributed by atoms with E-state index in [4.69, 9.17) is 11.6 Å². The van der Waals surface area contributed by atoms with Gasteiger partial charge in [0.1, 0.15) is 0 Å². The Labute approximate surface area is 113 Å². The second-order valence-corrected chi connectivity index (χ2v) is 6.33. The molecular weight excluding hydrogens is 248 g/mol. The maximum atomic E-state index is 12.1. The van der Waals surface area contributed by atoms with Gasteiger partial charge < -0.3 is 5.32 Å². The zero-order valence-electron chi connectivity index (χ0n) is 11.1. The minimum absolute atomic E-state index is 0.0222. The molecular formula is C14H19ClN2O. The van der Waals surface area contributed by atoms with E-state index in [2.05, 4.69) is 26.1 Å². The molecule has 1 aromatic rings.